The maximum atomic E-state index is 14.0. The van der Waals surface area contributed by atoms with Gasteiger partial charge in [-0.3, -0.25) is 0 Å². The van der Waals surface area contributed by atoms with Gasteiger partial charge in [0.15, 0.2) is 0 Å². The van der Waals surface area contributed by atoms with E-state index in [4.69, 9.17) is 23.2 Å². The van der Waals surface area contributed by atoms with Crippen LogP contribution in [0.25, 0.3) is 0 Å². The fourth-order valence-corrected chi connectivity index (χ4v) is 3.53. The molecule has 0 aliphatic rings. The van der Waals surface area contributed by atoms with E-state index < -0.39 is 5.41 Å². The van der Waals surface area contributed by atoms with Gasteiger partial charge in [0.25, 0.3) is 0 Å². The summed E-state index contributed by atoms with van der Waals surface area (Å²) >= 11 is 15.8. The normalized spacial score (nSPS) is 11.7. The van der Waals surface area contributed by atoms with E-state index >= 15 is 0 Å². The molecular formula is C17H16BrCl2F. The first-order valence-electron chi connectivity index (χ1n) is 6.64. The van der Waals surface area contributed by atoms with Gasteiger partial charge in [-0.2, -0.15) is 0 Å². The number of benzene rings is 2. The van der Waals surface area contributed by atoms with Crippen molar-refractivity contribution in [2.75, 3.05) is 11.8 Å². The van der Waals surface area contributed by atoms with Crippen molar-refractivity contribution >= 4 is 39.1 Å². The quantitative estimate of drug-likeness (QED) is 0.562. The van der Waals surface area contributed by atoms with Crippen LogP contribution < -0.4 is 0 Å². The molecule has 0 aromatic heterocycles. The van der Waals surface area contributed by atoms with Gasteiger partial charge in [0, 0.05) is 21.6 Å². The molecule has 4 heteroatoms. The molecule has 0 bridgehead atoms. The van der Waals surface area contributed by atoms with E-state index in [1.165, 1.54) is 11.6 Å². The molecule has 21 heavy (non-hydrogen) atoms. The molecule has 0 N–H and O–H groups in total. The zero-order valence-corrected chi connectivity index (χ0v) is 14.8. The van der Waals surface area contributed by atoms with Gasteiger partial charge in [-0.05, 0) is 42.7 Å². The van der Waals surface area contributed by atoms with Gasteiger partial charge in [-0.25, -0.2) is 4.39 Å². The van der Waals surface area contributed by atoms with Crippen LogP contribution in [-0.4, -0.2) is 11.8 Å². The van der Waals surface area contributed by atoms with Gasteiger partial charge in [-0.15, -0.1) is 23.2 Å². The topological polar surface area (TPSA) is 0 Å². The zero-order chi connectivity index (χ0) is 15.5. The van der Waals surface area contributed by atoms with Crippen molar-refractivity contribution in [3.05, 3.63) is 69.4 Å². The lowest BCUT2D eigenvalue weighted by Crippen LogP contribution is -2.33. The average Bonchev–Trinajstić information content (AvgIpc) is 2.49. The van der Waals surface area contributed by atoms with Crippen LogP contribution in [0.4, 0.5) is 4.39 Å². The van der Waals surface area contributed by atoms with E-state index in [-0.39, 0.29) is 5.82 Å². The van der Waals surface area contributed by atoms with Crippen LogP contribution in [0.5, 0.6) is 0 Å². The van der Waals surface area contributed by atoms with Crippen LogP contribution >= 0.6 is 39.1 Å². The van der Waals surface area contributed by atoms with Crippen molar-refractivity contribution in [1.29, 1.82) is 0 Å². The van der Waals surface area contributed by atoms with Gasteiger partial charge < -0.3 is 0 Å². The Labute approximate surface area is 143 Å². The molecule has 0 aliphatic carbocycles. The predicted octanol–water partition coefficient (Wildman–Crippen LogP) is 5.85. The van der Waals surface area contributed by atoms with Gasteiger partial charge >= 0.3 is 0 Å². The standard InChI is InChI=1S/C17H16BrCl2F/c1-12-2-4-14(5-3-12)17(10-19,11-20)9-13-8-15(18)6-7-16(13)21/h2-8H,9-11H2,1H3. The minimum atomic E-state index is -0.474. The number of hydrogen-bond acceptors (Lipinski definition) is 0. The molecule has 0 amide bonds. The summed E-state index contributed by atoms with van der Waals surface area (Å²) in [6.45, 7) is 2.03. The minimum Gasteiger partial charge on any atom is -0.207 e. The lowest BCUT2D eigenvalue weighted by Gasteiger charge is -2.31. The van der Waals surface area contributed by atoms with Crippen LogP contribution in [0.15, 0.2) is 46.9 Å². The molecule has 0 unspecified atom stereocenters. The number of aryl methyl sites for hydroxylation is 1. The summed E-state index contributed by atoms with van der Waals surface area (Å²) in [5.74, 6) is 0.446. The number of hydrogen-bond donors (Lipinski definition) is 0. The Kier molecular flexibility index (Phi) is 5.70. The summed E-state index contributed by atoms with van der Waals surface area (Å²) in [7, 11) is 0. The van der Waals surface area contributed by atoms with Gasteiger partial charge in [0.1, 0.15) is 5.82 Å². The maximum Gasteiger partial charge on any atom is 0.126 e. The van der Waals surface area contributed by atoms with Crippen molar-refractivity contribution in [3.8, 4) is 0 Å². The molecule has 0 spiro atoms. The van der Waals surface area contributed by atoms with E-state index in [1.807, 2.05) is 31.2 Å². The van der Waals surface area contributed by atoms with Crippen LogP contribution in [-0.2, 0) is 11.8 Å². The summed E-state index contributed by atoms with van der Waals surface area (Å²) in [5, 5.41) is 0. The average molecular weight is 390 g/mol. The summed E-state index contributed by atoms with van der Waals surface area (Å²) in [6, 6.07) is 13.0. The molecule has 0 fully saturated rings. The molecule has 0 radical (unpaired) electrons. The second kappa shape index (κ2) is 7.13. The highest BCUT2D eigenvalue weighted by atomic mass is 79.9. The third-order valence-corrected chi connectivity index (χ3v) is 5.23. The van der Waals surface area contributed by atoms with E-state index in [1.54, 1.807) is 12.1 Å². The third-order valence-electron chi connectivity index (χ3n) is 3.71. The fourth-order valence-electron chi connectivity index (χ4n) is 2.34. The molecule has 2 rings (SSSR count). The molecule has 2 aromatic rings. The predicted molar refractivity (Wildman–Crippen MR) is 92.1 cm³/mol. The SMILES string of the molecule is Cc1ccc(C(CCl)(CCl)Cc2cc(Br)ccc2F)cc1. The molecule has 112 valence electrons. The Morgan fingerprint density at radius 2 is 1.67 bits per heavy atom. The first-order chi connectivity index (χ1) is 10.0. The highest BCUT2D eigenvalue weighted by molar-refractivity contribution is 9.10. The third kappa shape index (κ3) is 3.80. The minimum absolute atomic E-state index is 0.232. The largest absolute Gasteiger partial charge is 0.207 e. The van der Waals surface area contributed by atoms with Gasteiger partial charge in [0.05, 0.1) is 0 Å². The summed E-state index contributed by atoms with van der Waals surface area (Å²) in [4.78, 5) is 0. The number of rotatable bonds is 5. The summed E-state index contributed by atoms with van der Waals surface area (Å²) in [5.41, 5.74) is 2.35. The lowest BCUT2D eigenvalue weighted by molar-refractivity contribution is 0.511. The molecule has 2 aromatic carbocycles. The van der Waals surface area contributed by atoms with E-state index in [9.17, 15) is 4.39 Å². The molecule has 0 saturated carbocycles. The monoisotopic (exact) mass is 388 g/mol. The molecule has 0 atom stereocenters. The Morgan fingerprint density at radius 1 is 1.05 bits per heavy atom. The van der Waals surface area contributed by atoms with Crippen molar-refractivity contribution in [2.24, 2.45) is 0 Å². The van der Waals surface area contributed by atoms with E-state index in [0.717, 1.165) is 10.0 Å². The van der Waals surface area contributed by atoms with Crippen molar-refractivity contribution < 1.29 is 4.39 Å². The lowest BCUT2D eigenvalue weighted by atomic mass is 9.78. The van der Waals surface area contributed by atoms with Crippen molar-refractivity contribution in [2.45, 2.75) is 18.8 Å². The fraction of sp³-hybridized carbons (Fsp3) is 0.294. The van der Waals surface area contributed by atoms with Gasteiger partial charge in [-0.1, -0.05) is 45.8 Å². The number of halogens is 4. The Morgan fingerprint density at radius 3 is 2.24 bits per heavy atom. The smallest absolute Gasteiger partial charge is 0.126 e. The summed E-state index contributed by atoms with van der Waals surface area (Å²) < 4.78 is 14.9. The van der Waals surface area contributed by atoms with Crippen molar-refractivity contribution in [3.63, 3.8) is 0 Å². The van der Waals surface area contributed by atoms with Gasteiger partial charge in [0.2, 0.25) is 0 Å². The Bertz CT molecular complexity index is 607. The highest BCUT2D eigenvalue weighted by Crippen LogP contribution is 2.33. The Balaban J connectivity index is 2.42. The van der Waals surface area contributed by atoms with E-state index in [2.05, 4.69) is 15.9 Å². The Hall–Kier alpha value is -0.570. The molecule has 0 heterocycles. The first kappa shape index (κ1) is 16.8. The van der Waals surface area contributed by atoms with Crippen LogP contribution in [0, 0.1) is 12.7 Å². The summed E-state index contributed by atoms with van der Waals surface area (Å²) in [6.07, 6.45) is 0.467. The molecular weight excluding hydrogens is 374 g/mol. The molecule has 0 aliphatic heterocycles. The van der Waals surface area contributed by atoms with Crippen LogP contribution in [0.1, 0.15) is 16.7 Å². The second-order valence-corrected chi connectivity index (χ2v) is 6.78. The van der Waals surface area contributed by atoms with E-state index in [0.29, 0.717) is 23.7 Å². The zero-order valence-electron chi connectivity index (χ0n) is 11.7. The molecule has 0 nitrogen and oxygen atoms in total. The highest BCUT2D eigenvalue weighted by Gasteiger charge is 2.32. The second-order valence-electron chi connectivity index (χ2n) is 5.33. The van der Waals surface area contributed by atoms with Crippen LogP contribution in [0.2, 0.25) is 0 Å². The molecule has 0 saturated heterocycles. The first-order valence-corrected chi connectivity index (χ1v) is 8.50. The number of alkyl halides is 2. The van der Waals surface area contributed by atoms with Crippen LogP contribution in [0.3, 0.4) is 0 Å². The maximum absolute atomic E-state index is 14.0. The van der Waals surface area contributed by atoms with Crippen molar-refractivity contribution in [1.82, 2.24) is 0 Å².